The van der Waals surface area contributed by atoms with Crippen LogP contribution in [0.15, 0.2) is 70.9 Å². The summed E-state index contributed by atoms with van der Waals surface area (Å²) in [5.74, 6) is -0.782. The highest BCUT2D eigenvalue weighted by Gasteiger charge is 2.48. The Kier molecular flexibility index (Phi) is 5.92. The minimum atomic E-state index is -0.969. The van der Waals surface area contributed by atoms with E-state index in [1.807, 2.05) is 6.92 Å². The zero-order valence-corrected chi connectivity index (χ0v) is 18.1. The Bertz CT molecular complexity index is 1200. The molecule has 32 heavy (non-hydrogen) atoms. The summed E-state index contributed by atoms with van der Waals surface area (Å²) in [6.07, 6.45) is 1.44. The summed E-state index contributed by atoms with van der Waals surface area (Å²) >= 11 is 6.09. The van der Waals surface area contributed by atoms with Crippen LogP contribution in [0.25, 0.3) is 5.76 Å². The maximum Gasteiger partial charge on any atom is 0.300 e. The topological polar surface area (TPSA) is 89.2 Å². The number of benzene rings is 2. The fourth-order valence-electron chi connectivity index (χ4n) is 3.67. The summed E-state index contributed by atoms with van der Waals surface area (Å²) in [7, 11) is 1.44. The van der Waals surface area contributed by atoms with Crippen LogP contribution in [-0.4, -0.2) is 30.5 Å². The predicted octanol–water partition coefficient (Wildman–Crippen LogP) is 4.97. The predicted molar refractivity (Wildman–Crippen MR) is 119 cm³/mol. The number of ketones is 1. The number of aliphatic hydroxyl groups excluding tert-OH is 1. The molecule has 8 heteroatoms. The molecule has 1 N–H and O–H groups in total. The van der Waals surface area contributed by atoms with Crippen LogP contribution in [0.4, 0.5) is 5.69 Å². The minimum absolute atomic E-state index is 0.101. The molecule has 1 fully saturated rings. The average Bonchev–Trinajstić information content (AvgIpc) is 3.41. The highest BCUT2D eigenvalue weighted by molar-refractivity contribution is 6.51. The SMILES string of the molecule is CCOc1cccc(N2C(=O)C(=O)/C(=C(\O)c3ccc(Cl)c(OC)c3)C2c2ccco2)c1. The third kappa shape index (κ3) is 3.71. The number of ether oxygens (including phenoxy) is 2. The van der Waals surface area contributed by atoms with Gasteiger partial charge in [0.2, 0.25) is 0 Å². The second-order valence-electron chi connectivity index (χ2n) is 6.96. The van der Waals surface area contributed by atoms with Crippen molar-refractivity contribution < 1.29 is 28.6 Å². The number of nitrogens with zero attached hydrogens (tertiary/aromatic N) is 1. The number of carbonyl (C=O) groups excluding carboxylic acids is 2. The smallest absolute Gasteiger partial charge is 0.300 e. The van der Waals surface area contributed by atoms with Crippen LogP contribution in [0.1, 0.15) is 24.3 Å². The van der Waals surface area contributed by atoms with Gasteiger partial charge >= 0.3 is 0 Å². The number of furan rings is 1. The monoisotopic (exact) mass is 453 g/mol. The van der Waals surface area contributed by atoms with E-state index in [9.17, 15) is 14.7 Å². The number of hydrogen-bond donors (Lipinski definition) is 1. The maximum atomic E-state index is 13.1. The molecule has 4 rings (SSSR count). The van der Waals surface area contributed by atoms with Crippen LogP contribution >= 0.6 is 11.6 Å². The molecule has 0 spiro atoms. The van der Waals surface area contributed by atoms with E-state index in [4.69, 9.17) is 25.5 Å². The molecule has 7 nitrogen and oxygen atoms in total. The van der Waals surface area contributed by atoms with E-state index in [0.717, 1.165) is 0 Å². The molecule has 0 aliphatic carbocycles. The Morgan fingerprint density at radius 3 is 2.66 bits per heavy atom. The van der Waals surface area contributed by atoms with Crippen LogP contribution in [0, 0.1) is 0 Å². The fraction of sp³-hybridized carbons (Fsp3) is 0.167. The lowest BCUT2D eigenvalue weighted by Gasteiger charge is -2.23. The van der Waals surface area contributed by atoms with Gasteiger partial charge in [-0.05, 0) is 49.4 Å². The first-order valence-corrected chi connectivity index (χ1v) is 10.2. The van der Waals surface area contributed by atoms with Gasteiger partial charge in [0.05, 0.1) is 30.6 Å². The first kappa shape index (κ1) is 21.5. The summed E-state index contributed by atoms with van der Waals surface area (Å²) in [6.45, 7) is 2.30. The quantitative estimate of drug-likeness (QED) is 0.322. The Hall–Kier alpha value is -3.71. The number of anilines is 1. The number of hydrogen-bond acceptors (Lipinski definition) is 6. The molecular formula is C24H20ClNO6. The van der Waals surface area contributed by atoms with Crippen LogP contribution < -0.4 is 14.4 Å². The van der Waals surface area contributed by atoms with Gasteiger partial charge in [0, 0.05) is 17.3 Å². The van der Waals surface area contributed by atoms with Crippen LogP contribution in [-0.2, 0) is 9.59 Å². The lowest BCUT2D eigenvalue weighted by molar-refractivity contribution is -0.132. The minimum Gasteiger partial charge on any atom is -0.507 e. The van der Waals surface area contributed by atoms with E-state index in [1.165, 1.54) is 24.3 Å². The number of methoxy groups -OCH3 is 1. The van der Waals surface area contributed by atoms with Gasteiger partial charge in [-0.2, -0.15) is 0 Å². The Morgan fingerprint density at radius 1 is 1.16 bits per heavy atom. The van der Waals surface area contributed by atoms with E-state index < -0.39 is 17.7 Å². The second-order valence-corrected chi connectivity index (χ2v) is 7.37. The molecule has 2 heterocycles. The molecule has 0 bridgehead atoms. The molecule has 1 amide bonds. The van der Waals surface area contributed by atoms with Gasteiger partial charge in [0.25, 0.3) is 11.7 Å². The van der Waals surface area contributed by atoms with Crippen molar-refractivity contribution in [3.63, 3.8) is 0 Å². The first-order valence-electron chi connectivity index (χ1n) is 9.87. The Balaban J connectivity index is 1.89. The molecule has 1 saturated heterocycles. The van der Waals surface area contributed by atoms with Gasteiger partial charge in [-0.15, -0.1) is 0 Å². The third-order valence-corrected chi connectivity index (χ3v) is 5.40. The molecule has 1 atom stereocenters. The summed E-state index contributed by atoms with van der Waals surface area (Å²) in [4.78, 5) is 27.5. The fourth-order valence-corrected chi connectivity index (χ4v) is 3.86. The van der Waals surface area contributed by atoms with E-state index in [1.54, 1.807) is 48.5 Å². The van der Waals surface area contributed by atoms with Crippen LogP contribution in [0.5, 0.6) is 11.5 Å². The van der Waals surface area contributed by atoms with Crippen molar-refractivity contribution in [2.24, 2.45) is 0 Å². The van der Waals surface area contributed by atoms with Gasteiger partial charge < -0.3 is 19.0 Å². The van der Waals surface area contributed by atoms with Gasteiger partial charge in [0.15, 0.2) is 0 Å². The molecule has 1 aromatic heterocycles. The summed E-state index contributed by atoms with van der Waals surface area (Å²) in [5.41, 5.74) is 0.618. The largest absolute Gasteiger partial charge is 0.507 e. The number of carbonyl (C=O) groups is 2. The normalized spacial score (nSPS) is 17.6. The summed E-state index contributed by atoms with van der Waals surface area (Å²) < 4.78 is 16.3. The van der Waals surface area contributed by atoms with Crippen molar-refractivity contribution in [2.45, 2.75) is 13.0 Å². The van der Waals surface area contributed by atoms with E-state index in [-0.39, 0.29) is 16.9 Å². The standard InChI is InChI=1S/C24H20ClNO6/c1-3-31-16-7-4-6-15(13-16)26-21(18-8-5-11-32-18)20(23(28)24(26)29)22(27)14-9-10-17(25)19(12-14)30-2/h4-13,21,27H,3H2,1-2H3/b22-20-. The first-order chi connectivity index (χ1) is 15.5. The molecule has 3 aromatic rings. The van der Waals surface area contributed by atoms with Crippen molar-refractivity contribution in [1.82, 2.24) is 0 Å². The van der Waals surface area contributed by atoms with Gasteiger partial charge in [0.1, 0.15) is 29.1 Å². The van der Waals surface area contributed by atoms with Crippen LogP contribution in [0.3, 0.4) is 0 Å². The van der Waals surface area contributed by atoms with Crippen molar-refractivity contribution in [2.75, 3.05) is 18.6 Å². The van der Waals surface area contributed by atoms with E-state index in [0.29, 0.717) is 34.6 Å². The maximum absolute atomic E-state index is 13.1. The molecule has 1 unspecified atom stereocenters. The number of halogens is 1. The molecule has 2 aromatic carbocycles. The van der Waals surface area contributed by atoms with E-state index in [2.05, 4.69) is 0 Å². The summed E-state index contributed by atoms with van der Waals surface area (Å²) in [6, 6.07) is 13.7. The lowest BCUT2D eigenvalue weighted by Crippen LogP contribution is -2.29. The van der Waals surface area contributed by atoms with Gasteiger partial charge in [-0.1, -0.05) is 17.7 Å². The van der Waals surface area contributed by atoms with Crippen LogP contribution in [0.2, 0.25) is 5.02 Å². The Labute approximate surface area is 189 Å². The second kappa shape index (κ2) is 8.80. The zero-order chi connectivity index (χ0) is 22.8. The molecule has 1 aliphatic rings. The molecule has 1 aliphatic heterocycles. The Morgan fingerprint density at radius 2 is 1.97 bits per heavy atom. The molecular weight excluding hydrogens is 434 g/mol. The van der Waals surface area contributed by atoms with Crippen molar-refractivity contribution in [1.29, 1.82) is 0 Å². The number of amides is 1. The average molecular weight is 454 g/mol. The third-order valence-electron chi connectivity index (χ3n) is 5.09. The number of rotatable bonds is 6. The number of Topliss-reactive ketones (excluding diaryl/α,β-unsaturated/α-hetero) is 1. The summed E-state index contributed by atoms with van der Waals surface area (Å²) in [5, 5.41) is 11.5. The molecule has 0 radical (unpaired) electrons. The molecule has 0 saturated carbocycles. The van der Waals surface area contributed by atoms with Crippen molar-refractivity contribution in [3.8, 4) is 11.5 Å². The number of aliphatic hydroxyl groups is 1. The highest BCUT2D eigenvalue weighted by Crippen LogP contribution is 2.43. The van der Waals surface area contributed by atoms with Crippen molar-refractivity contribution >= 4 is 34.7 Å². The van der Waals surface area contributed by atoms with E-state index >= 15 is 0 Å². The van der Waals surface area contributed by atoms with Gasteiger partial charge in [-0.3, -0.25) is 14.5 Å². The van der Waals surface area contributed by atoms with Crippen molar-refractivity contribution in [3.05, 3.63) is 82.8 Å². The zero-order valence-electron chi connectivity index (χ0n) is 17.4. The highest BCUT2D eigenvalue weighted by atomic mass is 35.5. The lowest BCUT2D eigenvalue weighted by atomic mass is 9.99. The van der Waals surface area contributed by atoms with Gasteiger partial charge in [-0.25, -0.2) is 0 Å². The molecule has 164 valence electrons.